The summed E-state index contributed by atoms with van der Waals surface area (Å²) in [5.74, 6) is 0.897. The van der Waals surface area contributed by atoms with Gasteiger partial charge in [-0.3, -0.25) is 14.9 Å². The molecule has 0 spiro atoms. The first-order valence-electron chi connectivity index (χ1n) is 10.7. The van der Waals surface area contributed by atoms with Crippen molar-refractivity contribution in [1.82, 2.24) is 5.43 Å². The Morgan fingerprint density at radius 1 is 1.03 bits per heavy atom. The summed E-state index contributed by atoms with van der Waals surface area (Å²) in [6.07, 6.45) is 0. The van der Waals surface area contributed by atoms with E-state index < -0.39 is 4.92 Å². The van der Waals surface area contributed by atoms with Gasteiger partial charge in [0, 0.05) is 17.7 Å². The van der Waals surface area contributed by atoms with Crippen LogP contribution in [0, 0.1) is 17.0 Å². The lowest BCUT2D eigenvalue weighted by Crippen LogP contribution is -2.19. The number of ether oxygens (including phenoxy) is 1. The normalized spacial score (nSPS) is 11.4. The van der Waals surface area contributed by atoms with E-state index in [1.807, 2.05) is 25.1 Å². The number of rotatable bonds is 8. The molecule has 0 aliphatic rings. The van der Waals surface area contributed by atoms with Crippen LogP contribution < -0.4 is 10.2 Å². The number of nitrogens with one attached hydrogen (secondary N) is 1. The molecule has 0 radical (unpaired) electrons. The molecule has 0 aliphatic heterocycles. The van der Waals surface area contributed by atoms with Gasteiger partial charge in [0.1, 0.15) is 12.4 Å². The number of hydrogen-bond acceptors (Lipinski definition) is 5. The van der Waals surface area contributed by atoms with E-state index in [2.05, 4.69) is 36.5 Å². The second kappa shape index (κ2) is 10.5. The van der Waals surface area contributed by atoms with E-state index in [1.54, 1.807) is 31.2 Å². The smallest absolute Gasteiger partial charge is 0.271 e. The number of carbonyl (C=O) groups is 1. The van der Waals surface area contributed by atoms with Crippen molar-refractivity contribution in [2.45, 2.75) is 40.2 Å². The van der Waals surface area contributed by atoms with E-state index in [4.69, 9.17) is 4.74 Å². The standard InChI is InChI=1S/C26H27N3O4/c1-17(2)24-14-5-18(3)15-25(24)33-16-20-6-8-22(9-7-20)26(30)28-27-19(4)21-10-12-23(13-11-21)29(31)32/h5-15,17H,16H2,1-4H3,(H,28,30)/b27-19-. The van der Waals surface area contributed by atoms with E-state index in [0.29, 0.717) is 29.4 Å². The van der Waals surface area contributed by atoms with Crippen LogP contribution in [0.4, 0.5) is 5.69 Å². The highest BCUT2D eigenvalue weighted by Gasteiger charge is 2.10. The van der Waals surface area contributed by atoms with Gasteiger partial charge in [0.2, 0.25) is 0 Å². The molecule has 0 saturated carbocycles. The van der Waals surface area contributed by atoms with Crippen LogP contribution in [0.2, 0.25) is 0 Å². The number of amides is 1. The van der Waals surface area contributed by atoms with Crippen LogP contribution in [-0.4, -0.2) is 16.5 Å². The monoisotopic (exact) mass is 445 g/mol. The minimum atomic E-state index is -0.461. The lowest BCUT2D eigenvalue weighted by molar-refractivity contribution is -0.384. The van der Waals surface area contributed by atoms with Gasteiger partial charge in [0.25, 0.3) is 11.6 Å². The van der Waals surface area contributed by atoms with Gasteiger partial charge in [-0.1, -0.05) is 38.1 Å². The van der Waals surface area contributed by atoms with Gasteiger partial charge in [0.15, 0.2) is 0 Å². The molecule has 1 N–H and O–H groups in total. The number of nitrogens with zero attached hydrogens (tertiary/aromatic N) is 2. The van der Waals surface area contributed by atoms with E-state index in [9.17, 15) is 14.9 Å². The highest BCUT2D eigenvalue weighted by Crippen LogP contribution is 2.28. The van der Waals surface area contributed by atoms with E-state index in [0.717, 1.165) is 22.4 Å². The number of aryl methyl sites for hydroxylation is 1. The van der Waals surface area contributed by atoms with Crippen molar-refractivity contribution in [1.29, 1.82) is 0 Å². The lowest BCUT2D eigenvalue weighted by atomic mass is 10.0. The zero-order chi connectivity index (χ0) is 24.0. The van der Waals surface area contributed by atoms with Gasteiger partial charge in [0.05, 0.1) is 10.6 Å². The van der Waals surface area contributed by atoms with Crippen LogP contribution in [0.25, 0.3) is 0 Å². The Labute approximate surface area is 193 Å². The van der Waals surface area contributed by atoms with E-state index >= 15 is 0 Å². The zero-order valence-electron chi connectivity index (χ0n) is 19.2. The van der Waals surface area contributed by atoms with E-state index in [-0.39, 0.29) is 11.6 Å². The van der Waals surface area contributed by atoms with Crippen molar-refractivity contribution in [3.05, 3.63) is 105 Å². The molecule has 3 aromatic rings. The van der Waals surface area contributed by atoms with Gasteiger partial charge in [-0.25, -0.2) is 5.43 Å². The third kappa shape index (κ3) is 6.26. The molecule has 0 aliphatic carbocycles. The van der Waals surface area contributed by atoms with Crippen molar-refractivity contribution in [2.75, 3.05) is 0 Å². The van der Waals surface area contributed by atoms with Gasteiger partial charge in [-0.05, 0) is 72.4 Å². The topological polar surface area (TPSA) is 93.8 Å². The Balaban J connectivity index is 1.60. The van der Waals surface area contributed by atoms with E-state index in [1.165, 1.54) is 12.1 Å². The first-order valence-corrected chi connectivity index (χ1v) is 10.7. The fourth-order valence-corrected chi connectivity index (χ4v) is 3.25. The molecule has 0 fully saturated rings. The summed E-state index contributed by atoms with van der Waals surface area (Å²) in [6.45, 7) is 8.44. The number of carbonyl (C=O) groups excluding carboxylic acids is 1. The minimum absolute atomic E-state index is 0.00230. The molecule has 3 aromatic carbocycles. The van der Waals surface area contributed by atoms with Crippen molar-refractivity contribution in [3.8, 4) is 5.75 Å². The first kappa shape index (κ1) is 23.7. The van der Waals surface area contributed by atoms with Gasteiger partial charge in [-0.15, -0.1) is 0 Å². The summed E-state index contributed by atoms with van der Waals surface area (Å²) in [7, 11) is 0. The fourth-order valence-electron chi connectivity index (χ4n) is 3.25. The summed E-state index contributed by atoms with van der Waals surface area (Å²) in [5, 5.41) is 14.9. The Morgan fingerprint density at radius 3 is 2.27 bits per heavy atom. The fraction of sp³-hybridized carbons (Fsp3) is 0.231. The second-order valence-electron chi connectivity index (χ2n) is 8.12. The predicted molar refractivity (Wildman–Crippen MR) is 129 cm³/mol. The molecule has 0 bridgehead atoms. The number of nitro benzene ring substituents is 1. The third-order valence-electron chi connectivity index (χ3n) is 5.22. The maximum atomic E-state index is 12.4. The lowest BCUT2D eigenvalue weighted by Gasteiger charge is -2.15. The second-order valence-corrected chi connectivity index (χ2v) is 8.12. The van der Waals surface area contributed by atoms with Crippen LogP contribution in [0.5, 0.6) is 5.75 Å². The average molecular weight is 446 g/mol. The van der Waals surface area contributed by atoms with Crippen molar-refractivity contribution < 1.29 is 14.5 Å². The molecule has 3 rings (SSSR count). The molecule has 0 atom stereocenters. The van der Waals surface area contributed by atoms with Gasteiger partial charge >= 0.3 is 0 Å². The summed E-state index contributed by atoms with van der Waals surface area (Å²) >= 11 is 0. The number of non-ortho nitro benzene ring substituents is 1. The minimum Gasteiger partial charge on any atom is -0.489 e. The third-order valence-corrected chi connectivity index (χ3v) is 5.22. The molecule has 7 nitrogen and oxygen atoms in total. The average Bonchev–Trinajstić information content (AvgIpc) is 2.81. The Morgan fingerprint density at radius 2 is 1.67 bits per heavy atom. The van der Waals surface area contributed by atoms with Crippen LogP contribution in [-0.2, 0) is 6.61 Å². The molecule has 1 amide bonds. The molecular weight excluding hydrogens is 418 g/mol. The van der Waals surface area contributed by atoms with Crippen molar-refractivity contribution in [3.63, 3.8) is 0 Å². The highest BCUT2D eigenvalue weighted by molar-refractivity contribution is 6.01. The van der Waals surface area contributed by atoms with Crippen molar-refractivity contribution in [2.24, 2.45) is 5.10 Å². The summed E-state index contributed by atoms with van der Waals surface area (Å²) in [5.41, 5.74) is 7.48. The number of benzene rings is 3. The van der Waals surface area contributed by atoms with Crippen LogP contribution in [0.15, 0.2) is 71.8 Å². The molecule has 0 aromatic heterocycles. The first-order chi connectivity index (χ1) is 15.7. The molecule has 0 heterocycles. The molecular formula is C26H27N3O4. The predicted octanol–water partition coefficient (Wildman–Crippen LogP) is 5.76. The van der Waals surface area contributed by atoms with Gasteiger partial charge in [-0.2, -0.15) is 5.10 Å². The molecule has 0 unspecified atom stereocenters. The number of hydrogen-bond donors (Lipinski definition) is 1. The largest absolute Gasteiger partial charge is 0.489 e. The maximum Gasteiger partial charge on any atom is 0.271 e. The summed E-state index contributed by atoms with van der Waals surface area (Å²) in [6, 6.07) is 19.4. The number of nitro groups is 1. The molecule has 170 valence electrons. The van der Waals surface area contributed by atoms with Gasteiger partial charge < -0.3 is 4.74 Å². The molecule has 7 heteroatoms. The van der Waals surface area contributed by atoms with Crippen LogP contribution in [0.1, 0.15) is 59.3 Å². The quantitative estimate of drug-likeness (QED) is 0.271. The Hall–Kier alpha value is -4.00. The number of hydrazone groups is 1. The van der Waals surface area contributed by atoms with Crippen LogP contribution >= 0.6 is 0 Å². The summed E-state index contributed by atoms with van der Waals surface area (Å²) < 4.78 is 6.05. The Bertz CT molecular complexity index is 1170. The SMILES string of the molecule is C/C(=N/NC(=O)c1ccc(COc2cc(C)ccc2C(C)C)cc1)c1ccc([N+](=O)[O-])cc1. The molecule has 0 saturated heterocycles. The highest BCUT2D eigenvalue weighted by atomic mass is 16.6. The Kier molecular flexibility index (Phi) is 7.56. The maximum absolute atomic E-state index is 12.4. The van der Waals surface area contributed by atoms with Crippen molar-refractivity contribution >= 4 is 17.3 Å². The van der Waals surface area contributed by atoms with Crippen LogP contribution in [0.3, 0.4) is 0 Å². The molecule has 33 heavy (non-hydrogen) atoms. The summed E-state index contributed by atoms with van der Waals surface area (Å²) in [4.78, 5) is 22.7. The zero-order valence-corrected chi connectivity index (χ0v) is 19.2.